The number of hydrogen-bond donors (Lipinski definition) is 1. The van der Waals surface area contributed by atoms with Gasteiger partial charge in [0.2, 0.25) is 5.91 Å². The first kappa shape index (κ1) is 18.3. The number of alkyl halides is 3. The summed E-state index contributed by atoms with van der Waals surface area (Å²) in [6, 6.07) is 9.29. The molecule has 1 saturated heterocycles. The highest BCUT2D eigenvalue weighted by molar-refractivity contribution is 8.00. The third-order valence-electron chi connectivity index (χ3n) is 4.11. The average Bonchev–Trinajstić information content (AvgIpc) is 2.95. The molecule has 136 valence electrons. The largest absolute Gasteiger partial charge is 0.478 e. The zero-order valence-corrected chi connectivity index (χ0v) is 14.4. The van der Waals surface area contributed by atoms with Crippen LogP contribution in [0.25, 0.3) is 0 Å². The fourth-order valence-electron chi connectivity index (χ4n) is 2.82. The number of anilines is 1. The number of rotatable bonds is 3. The van der Waals surface area contributed by atoms with Crippen LogP contribution in [0.3, 0.4) is 0 Å². The predicted octanol–water partition coefficient (Wildman–Crippen LogP) is 4.49. The van der Waals surface area contributed by atoms with E-state index in [4.69, 9.17) is 5.11 Å². The molecular weight excluding hydrogens is 367 g/mol. The molecule has 1 heterocycles. The minimum absolute atomic E-state index is 0.138. The van der Waals surface area contributed by atoms with Gasteiger partial charge in [0.05, 0.1) is 16.9 Å². The van der Waals surface area contributed by atoms with Gasteiger partial charge in [0.25, 0.3) is 0 Å². The summed E-state index contributed by atoms with van der Waals surface area (Å²) >= 11 is 1.32. The van der Waals surface area contributed by atoms with Crippen molar-refractivity contribution in [3.63, 3.8) is 0 Å². The summed E-state index contributed by atoms with van der Waals surface area (Å²) in [7, 11) is 0. The van der Waals surface area contributed by atoms with Crippen LogP contribution in [0.2, 0.25) is 0 Å². The number of nitrogens with zero attached hydrogens (tertiary/aromatic N) is 1. The van der Waals surface area contributed by atoms with Crippen molar-refractivity contribution in [3.05, 3.63) is 64.7 Å². The van der Waals surface area contributed by atoms with Gasteiger partial charge in [-0.2, -0.15) is 13.2 Å². The normalized spacial score (nSPS) is 17.6. The quantitative estimate of drug-likeness (QED) is 0.851. The minimum atomic E-state index is -4.42. The number of thioether (sulfide) groups is 1. The Kier molecular flexibility index (Phi) is 4.70. The van der Waals surface area contributed by atoms with Gasteiger partial charge in [-0.3, -0.25) is 9.69 Å². The highest BCUT2D eigenvalue weighted by Gasteiger charge is 2.35. The maximum absolute atomic E-state index is 12.7. The number of carboxylic acids is 1. The van der Waals surface area contributed by atoms with Crippen molar-refractivity contribution in [1.29, 1.82) is 0 Å². The lowest BCUT2D eigenvalue weighted by molar-refractivity contribution is -0.137. The lowest BCUT2D eigenvalue weighted by atomic mass is 10.1. The van der Waals surface area contributed by atoms with Gasteiger partial charge >= 0.3 is 12.1 Å². The number of amides is 1. The number of carbonyl (C=O) groups excluding carboxylic acids is 1. The van der Waals surface area contributed by atoms with E-state index < -0.39 is 23.1 Å². The average molecular weight is 381 g/mol. The molecule has 0 aliphatic carbocycles. The Balaban J connectivity index is 1.94. The summed E-state index contributed by atoms with van der Waals surface area (Å²) in [5.41, 5.74) is 0.995. The summed E-state index contributed by atoms with van der Waals surface area (Å²) < 4.78 is 38.2. The smallest absolute Gasteiger partial charge is 0.416 e. The van der Waals surface area contributed by atoms with E-state index in [-0.39, 0.29) is 17.2 Å². The Morgan fingerprint density at radius 3 is 2.38 bits per heavy atom. The lowest BCUT2D eigenvalue weighted by Gasteiger charge is -2.25. The number of aryl methyl sites for hydroxylation is 1. The second-order valence-corrected chi connectivity index (χ2v) is 6.92. The van der Waals surface area contributed by atoms with Crippen molar-refractivity contribution >= 4 is 29.3 Å². The van der Waals surface area contributed by atoms with Crippen molar-refractivity contribution in [2.24, 2.45) is 0 Å². The van der Waals surface area contributed by atoms with E-state index in [1.807, 2.05) is 0 Å². The van der Waals surface area contributed by atoms with E-state index in [1.54, 1.807) is 13.0 Å². The van der Waals surface area contributed by atoms with Gasteiger partial charge in [-0.05, 0) is 48.4 Å². The number of hydrogen-bond acceptors (Lipinski definition) is 3. The molecule has 2 aromatic carbocycles. The third kappa shape index (κ3) is 3.41. The van der Waals surface area contributed by atoms with Crippen LogP contribution in [-0.4, -0.2) is 22.7 Å². The molecule has 0 saturated carbocycles. The first-order valence-corrected chi connectivity index (χ1v) is 8.68. The molecule has 1 unspecified atom stereocenters. The van der Waals surface area contributed by atoms with Crippen molar-refractivity contribution in [1.82, 2.24) is 0 Å². The molecule has 1 fully saturated rings. The van der Waals surface area contributed by atoms with Crippen LogP contribution in [0.4, 0.5) is 18.9 Å². The van der Waals surface area contributed by atoms with Crippen LogP contribution < -0.4 is 4.90 Å². The van der Waals surface area contributed by atoms with Crippen LogP contribution in [0.5, 0.6) is 0 Å². The molecule has 1 amide bonds. The van der Waals surface area contributed by atoms with Gasteiger partial charge in [0.1, 0.15) is 5.37 Å². The fourth-order valence-corrected chi connectivity index (χ4v) is 4.00. The number of aromatic carboxylic acids is 1. The van der Waals surface area contributed by atoms with Crippen LogP contribution in [0.1, 0.15) is 32.4 Å². The summed E-state index contributed by atoms with van der Waals surface area (Å²) in [6.07, 6.45) is -4.42. The summed E-state index contributed by atoms with van der Waals surface area (Å²) in [5.74, 6) is -1.04. The highest BCUT2D eigenvalue weighted by Crippen LogP contribution is 2.42. The minimum Gasteiger partial charge on any atom is -0.478 e. The molecular formula is C18H14F3NO3S. The van der Waals surface area contributed by atoms with E-state index >= 15 is 0 Å². The van der Waals surface area contributed by atoms with Gasteiger partial charge in [-0.25, -0.2) is 4.79 Å². The Labute approximate surface area is 151 Å². The van der Waals surface area contributed by atoms with Crippen molar-refractivity contribution in [2.45, 2.75) is 18.5 Å². The Morgan fingerprint density at radius 2 is 1.85 bits per heavy atom. The maximum atomic E-state index is 12.7. The monoisotopic (exact) mass is 381 g/mol. The number of carbonyl (C=O) groups is 2. The topological polar surface area (TPSA) is 57.6 Å². The summed E-state index contributed by atoms with van der Waals surface area (Å²) in [4.78, 5) is 25.0. The molecule has 1 aliphatic heterocycles. The van der Waals surface area contributed by atoms with E-state index in [0.29, 0.717) is 16.8 Å². The Morgan fingerprint density at radius 1 is 1.19 bits per heavy atom. The lowest BCUT2D eigenvalue weighted by Crippen LogP contribution is -2.28. The van der Waals surface area contributed by atoms with E-state index in [2.05, 4.69) is 0 Å². The molecule has 4 nitrogen and oxygen atoms in total. The molecule has 0 bridgehead atoms. The molecule has 0 aromatic heterocycles. The Hall–Kier alpha value is -2.48. The SMILES string of the molecule is Cc1cc(N2C(=O)CSC2c2ccc(C(F)(F)F)cc2)ccc1C(=O)O. The zero-order chi connectivity index (χ0) is 19.1. The molecule has 2 aromatic rings. The van der Waals surface area contributed by atoms with Gasteiger partial charge < -0.3 is 5.11 Å². The summed E-state index contributed by atoms with van der Waals surface area (Å²) in [6.45, 7) is 1.63. The van der Waals surface area contributed by atoms with Crippen LogP contribution in [0.15, 0.2) is 42.5 Å². The van der Waals surface area contributed by atoms with Gasteiger partial charge in [0.15, 0.2) is 0 Å². The van der Waals surface area contributed by atoms with Crippen LogP contribution in [0, 0.1) is 6.92 Å². The molecule has 3 rings (SSSR count). The molecule has 1 N–H and O–H groups in total. The molecule has 0 spiro atoms. The first-order valence-electron chi connectivity index (χ1n) is 7.63. The molecule has 1 atom stereocenters. The van der Waals surface area contributed by atoms with Crippen LogP contribution in [-0.2, 0) is 11.0 Å². The number of halogens is 3. The van der Waals surface area contributed by atoms with Crippen molar-refractivity contribution in [3.8, 4) is 0 Å². The molecule has 26 heavy (non-hydrogen) atoms. The zero-order valence-electron chi connectivity index (χ0n) is 13.6. The summed E-state index contributed by atoms with van der Waals surface area (Å²) in [5, 5.41) is 8.66. The number of benzene rings is 2. The van der Waals surface area contributed by atoms with Gasteiger partial charge in [-0.15, -0.1) is 11.8 Å². The fraction of sp³-hybridized carbons (Fsp3) is 0.222. The molecule has 0 radical (unpaired) electrons. The van der Waals surface area contributed by atoms with E-state index in [9.17, 15) is 22.8 Å². The van der Waals surface area contributed by atoms with E-state index in [0.717, 1.165) is 12.1 Å². The van der Waals surface area contributed by atoms with Crippen molar-refractivity contribution < 1.29 is 27.9 Å². The second-order valence-electron chi connectivity index (χ2n) is 5.85. The Bertz CT molecular complexity index is 865. The second kappa shape index (κ2) is 6.68. The van der Waals surface area contributed by atoms with Gasteiger partial charge in [0, 0.05) is 5.69 Å². The highest BCUT2D eigenvalue weighted by atomic mass is 32.2. The third-order valence-corrected chi connectivity index (χ3v) is 5.32. The maximum Gasteiger partial charge on any atom is 0.416 e. The van der Waals surface area contributed by atoms with Gasteiger partial charge in [-0.1, -0.05) is 12.1 Å². The van der Waals surface area contributed by atoms with Crippen molar-refractivity contribution in [2.75, 3.05) is 10.7 Å². The predicted molar refractivity (Wildman–Crippen MR) is 92.3 cm³/mol. The molecule has 8 heteroatoms. The first-order chi connectivity index (χ1) is 12.2. The van der Waals surface area contributed by atoms with E-state index in [1.165, 1.54) is 40.9 Å². The van der Waals surface area contributed by atoms with Crippen LogP contribution >= 0.6 is 11.8 Å². The number of carboxylic acid groups (broad SMARTS) is 1. The standard InChI is InChI=1S/C18H14F3NO3S/c1-10-8-13(6-7-14(10)17(24)25)22-15(23)9-26-16(22)11-2-4-12(5-3-11)18(19,20)21/h2-8,16H,9H2,1H3,(H,24,25). The molecule has 1 aliphatic rings.